The predicted octanol–water partition coefficient (Wildman–Crippen LogP) is 0.908. The van der Waals surface area contributed by atoms with Gasteiger partial charge < -0.3 is 20.4 Å². The maximum atomic E-state index is 10.3. The van der Waals surface area contributed by atoms with E-state index in [9.17, 15) is 14.4 Å². The third-order valence-corrected chi connectivity index (χ3v) is 4.09. The number of aromatic nitrogens is 1. The van der Waals surface area contributed by atoms with Crippen molar-refractivity contribution in [2.75, 3.05) is 13.6 Å². The molecule has 2 heterocycles. The number of aryl methyl sites for hydroxylation is 1. The lowest BCUT2D eigenvalue weighted by Gasteiger charge is -2.19. The van der Waals surface area contributed by atoms with Crippen molar-refractivity contribution in [3.63, 3.8) is 0 Å². The van der Waals surface area contributed by atoms with E-state index in [0.717, 1.165) is 0 Å². The average Bonchev–Trinajstić information content (AvgIpc) is 2.92. The largest absolute Gasteiger partial charge is 0.481 e. The van der Waals surface area contributed by atoms with Gasteiger partial charge in [-0.15, -0.1) is 0 Å². The Balaban J connectivity index is 0.000000260. The van der Waals surface area contributed by atoms with E-state index in [0.29, 0.717) is 6.04 Å². The minimum Gasteiger partial charge on any atom is -0.481 e. The maximum absolute atomic E-state index is 10.3. The zero-order valence-corrected chi connectivity index (χ0v) is 14.8. The lowest BCUT2D eigenvalue weighted by atomic mass is 9.96. The van der Waals surface area contributed by atoms with Crippen LogP contribution in [-0.2, 0) is 14.4 Å². The Labute approximate surface area is 150 Å². The van der Waals surface area contributed by atoms with Crippen LogP contribution in [0.15, 0.2) is 18.5 Å². The molecule has 0 amide bonds. The molecule has 9 heteroatoms. The third kappa shape index (κ3) is 6.41. The van der Waals surface area contributed by atoms with Crippen molar-refractivity contribution in [2.45, 2.75) is 44.2 Å². The smallest absolute Gasteiger partial charge is 0.336 e. The molecular formula is C17H24N2O7. The summed E-state index contributed by atoms with van der Waals surface area (Å²) < 4.78 is 0. The summed E-state index contributed by atoms with van der Waals surface area (Å²) in [7, 11) is 2.19. The molecule has 1 aliphatic heterocycles. The van der Waals surface area contributed by atoms with E-state index >= 15 is 0 Å². The van der Waals surface area contributed by atoms with Crippen LogP contribution in [0.2, 0.25) is 0 Å². The van der Waals surface area contributed by atoms with Gasteiger partial charge in [-0.05, 0) is 44.5 Å². The monoisotopic (exact) mass is 368 g/mol. The summed E-state index contributed by atoms with van der Waals surface area (Å²) in [5.41, 5.74) is -0.102. The van der Waals surface area contributed by atoms with E-state index in [-0.39, 0.29) is 0 Å². The van der Waals surface area contributed by atoms with Gasteiger partial charge in [-0.25, -0.2) is 4.79 Å². The molecule has 0 radical (unpaired) electrons. The number of hydrogen-bond donors (Lipinski definition) is 4. The molecule has 2 rings (SSSR count). The van der Waals surface area contributed by atoms with Gasteiger partial charge in [0.25, 0.3) is 0 Å². The molecule has 0 unspecified atom stereocenters. The van der Waals surface area contributed by atoms with E-state index in [2.05, 4.69) is 29.9 Å². The average molecular weight is 368 g/mol. The van der Waals surface area contributed by atoms with E-state index in [1.54, 1.807) is 0 Å². The molecule has 4 N–H and O–H groups in total. The van der Waals surface area contributed by atoms with Crippen LogP contribution in [0.5, 0.6) is 0 Å². The Hall–Kier alpha value is -2.52. The van der Waals surface area contributed by atoms with Gasteiger partial charge in [0.2, 0.25) is 0 Å². The first-order valence-corrected chi connectivity index (χ1v) is 8.06. The van der Waals surface area contributed by atoms with Crippen LogP contribution >= 0.6 is 0 Å². The standard InChI is InChI=1S/C11H16N2.C6H8O7/c1-9-6-10(8-12-7-9)11-4-3-5-13(11)2;7-3(8)1-6(13,5(11)12)2-4(9)10/h6-8,11H,3-5H2,1-2H3;13H,1-2H2,(H,7,8)(H,9,10)(H,11,12)/t11-;/m0./s1. The van der Waals surface area contributed by atoms with Crippen molar-refractivity contribution in [3.05, 3.63) is 29.6 Å². The Kier molecular flexibility index (Phi) is 7.66. The second-order valence-corrected chi connectivity index (χ2v) is 6.41. The summed E-state index contributed by atoms with van der Waals surface area (Å²) in [6.45, 7) is 3.32. The number of aliphatic carboxylic acids is 3. The van der Waals surface area contributed by atoms with Gasteiger partial charge in [-0.2, -0.15) is 0 Å². The zero-order chi connectivity index (χ0) is 19.9. The SMILES string of the molecule is Cc1cncc([C@@H]2CCCN2C)c1.O=C(O)CC(O)(CC(=O)O)C(=O)O. The fourth-order valence-corrected chi connectivity index (χ4v) is 2.81. The van der Waals surface area contributed by atoms with Crippen LogP contribution in [0.1, 0.15) is 42.9 Å². The van der Waals surface area contributed by atoms with Crippen molar-refractivity contribution in [1.29, 1.82) is 0 Å². The molecule has 1 saturated heterocycles. The molecule has 0 saturated carbocycles. The first-order chi connectivity index (χ1) is 12.0. The first kappa shape index (κ1) is 21.5. The number of rotatable bonds is 6. The van der Waals surface area contributed by atoms with Crippen LogP contribution in [-0.4, -0.2) is 67.4 Å². The quantitative estimate of drug-likeness (QED) is 0.575. The lowest BCUT2D eigenvalue weighted by Crippen LogP contribution is -2.42. The predicted molar refractivity (Wildman–Crippen MR) is 90.7 cm³/mol. The lowest BCUT2D eigenvalue weighted by molar-refractivity contribution is -0.170. The van der Waals surface area contributed by atoms with Crippen molar-refractivity contribution in [2.24, 2.45) is 0 Å². The topological polar surface area (TPSA) is 148 Å². The number of pyridine rings is 1. The zero-order valence-electron chi connectivity index (χ0n) is 14.8. The van der Waals surface area contributed by atoms with Crippen molar-refractivity contribution >= 4 is 17.9 Å². The van der Waals surface area contributed by atoms with Crippen LogP contribution in [0.25, 0.3) is 0 Å². The Morgan fingerprint density at radius 1 is 1.19 bits per heavy atom. The molecule has 1 fully saturated rings. The van der Waals surface area contributed by atoms with Crippen molar-refractivity contribution < 1.29 is 34.8 Å². The highest BCUT2D eigenvalue weighted by Crippen LogP contribution is 2.29. The molecular weight excluding hydrogens is 344 g/mol. The van der Waals surface area contributed by atoms with Crippen LogP contribution in [0, 0.1) is 6.92 Å². The van der Waals surface area contributed by atoms with E-state index in [1.807, 2.05) is 12.4 Å². The summed E-state index contributed by atoms with van der Waals surface area (Å²) in [6, 6.07) is 2.85. The molecule has 1 atom stereocenters. The van der Waals surface area contributed by atoms with Gasteiger partial charge in [0, 0.05) is 18.4 Å². The minimum atomic E-state index is -2.74. The fourth-order valence-electron chi connectivity index (χ4n) is 2.81. The molecule has 0 aliphatic carbocycles. The summed E-state index contributed by atoms with van der Waals surface area (Å²) >= 11 is 0. The van der Waals surface area contributed by atoms with Gasteiger partial charge in [0.05, 0.1) is 12.8 Å². The molecule has 26 heavy (non-hydrogen) atoms. The minimum absolute atomic E-state index is 0.604. The van der Waals surface area contributed by atoms with Crippen LogP contribution in [0.4, 0.5) is 0 Å². The van der Waals surface area contributed by atoms with Crippen molar-refractivity contribution in [3.8, 4) is 0 Å². The highest BCUT2D eigenvalue weighted by Gasteiger charge is 2.40. The number of carboxylic acid groups (broad SMARTS) is 3. The Morgan fingerprint density at radius 3 is 2.15 bits per heavy atom. The molecule has 0 spiro atoms. The summed E-state index contributed by atoms with van der Waals surface area (Å²) in [5, 5.41) is 33.8. The Bertz CT molecular complexity index is 646. The fraction of sp³-hybridized carbons (Fsp3) is 0.529. The number of likely N-dealkylation sites (tertiary alicyclic amines) is 1. The first-order valence-electron chi connectivity index (χ1n) is 8.06. The van der Waals surface area contributed by atoms with Crippen LogP contribution in [0.3, 0.4) is 0 Å². The molecule has 144 valence electrons. The summed E-state index contributed by atoms with van der Waals surface area (Å²) in [5.74, 6) is -5.02. The van der Waals surface area contributed by atoms with Gasteiger partial charge >= 0.3 is 17.9 Å². The summed E-state index contributed by atoms with van der Waals surface area (Å²) in [6.07, 6.45) is 4.22. The molecule has 1 aromatic heterocycles. The third-order valence-electron chi connectivity index (χ3n) is 4.09. The number of carboxylic acids is 3. The van der Waals surface area contributed by atoms with E-state index in [1.165, 1.54) is 30.5 Å². The second kappa shape index (κ2) is 9.25. The molecule has 1 aromatic rings. The molecule has 0 bridgehead atoms. The number of hydrogen-bond acceptors (Lipinski definition) is 6. The van der Waals surface area contributed by atoms with Gasteiger partial charge in [0.1, 0.15) is 0 Å². The van der Waals surface area contributed by atoms with Crippen molar-refractivity contribution in [1.82, 2.24) is 9.88 Å². The highest BCUT2D eigenvalue weighted by atomic mass is 16.4. The molecule has 1 aliphatic rings. The normalized spacial score (nSPS) is 17.3. The second-order valence-electron chi connectivity index (χ2n) is 6.41. The van der Waals surface area contributed by atoms with E-state index < -0.39 is 36.4 Å². The number of carbonyl (C=O) groups is 3. The summed E-state index contributed by atoms with van der Waals surface area (Å²) in [4.78, 5) is 37.1. The number of nitrogens with zero attached hydrogens (tertiary/aromatic N) is 2. The van der Waals surface area contributed by atoms with Crippen LogP contribution < -0.4 is 0 Å². The van der Waals surface area contributed by atoms with Gasteiger partial charge in [-0.3, -0.25) is 19.5 Å². The molecule has 0 aromatic carbocycles. The molecule has 9 nitrogen and oxygen atoms in total. The number of aliphatic hydroxyl groups is 1. The highest BCUT2D eigenvalue weighted by molar-refractivity contribution is 5.88. The Morgan fingerprint density at radius 2 is 1.77 bits per heavy atom. The van der Waals surface area contributed by atoms with Gasteiger partial charge in [0.15, 0.2) is 5.60 Å². The maximum Gasteiger partial charge on any atom is 0.336 e. The van der Waals surface area contributed by atoms with Gasteiger partial charge in [-0.1, -0.05) is 6.07 Å². The van der Waals surface area contributed by atoms with E-state index in [4.69, 9.17) is 20.4 Å².